The van der Waals surface area contributed by atoms with Crippen LogP contribution in [0.2, 0.25) is 15.1 Å². The van der Waals surface area contributed by atoms with Crippen LogP contribution in [0.25, 0.3) is 10.4 Å². The van der Waals surface area contributed by atoms with E-state index in [-0.39, 0.29) is 27.7 Å². The van der Waals surface area contributed by atoms with E-state index < -0.39 is 11.8 Å². The highest BCUT2D eigenvalue weighted by molar-refractivity contribution is 7.14. The number of carbonyl (C=O) groups is 2. The summed E-state index contributed by atoms with van der Waals surface area (Å²) < 4.78 is 0. The number of primary amides is 1. The predicted octanol–water partition coefficient (Wildman–Crippen LogP) is 5.01. The Balaban J connectivity index is 1.85. The number of halogens is 3. The number of pyridine rings is 1. The van der Waals surface area contributed by atoms with E-state index in [4.69, 9.17) is 46.3 Å². The van der Waals surface area contributed by atoms with Crippen molar-refractivity contribution in [1.82, 2.24) is 14.8 Å². The molecular formula is C25H27Cl3N6O2S. The maximum absolute atomic E-state index is 13.7. The van der Waals surface area contributed by atoms with Crippen molar-refractivity contribution in [2.45, 2.75) is 19.9 Å². The van der Waals surface area contributed by atoms with Gasteiger partial charge in [0.1, 0.15) is 5.82 Å². The van der Waals surface area contributed by atoms with Crippen LogP contribution < -0.4 is 16.8 Å². The third-order valence-corrected chi connectivity index (χ3v) is 8.60. The number of nitrogens with two attached hydrogens (primary N) is 2. The zero-order valence-electron chi connectivity index (χ0n) is 20.4. The summed E-state index contributed by atoms with van der Waals surface area (Å²) in [6.45, 7) is 6.39. The molecule has 2 aromatic heterocycles. The molecule has 1 fully saturated rings. The van der Waals surface area contributed by atoms with Crippen molar-refractivity contribution in [2.24, 2.45) is 5.73 Å². The van der Waals surface area contributed by atoms with Crippen LogP contribution in [0.3, 0.4) is 0 Å². The van der Waals surface area contributed by atoms with Gasteiger partial charge in [0.2, 0.25) is 0 Å². The zero-order valence-corrected chi connectivity index (χ0v) is 23.5. The number of anilines is 2. The second-order valence-electron chi connectivity index (χ2n) is 8.85. The molecule has 5 N–H and O–H groups in total. The van der Waals surface area contributed by atoms with E-state index in [1.807, 2.05) is 12.3 Å². The SMILES string of the molecule is CCc1c(N)c(Cl)c(C(N)=O)c(C(=O)Nc2ccc(Cl)cn2)c1-c1scc(CN2CCN(C)CC2)c1Cl. The molecule has 37 heavy (non-hydrogen) atoms. The number of hydrogen-bond acceptors (Lipinski definition) is 7. The third-order valence-electron chi connectivity index (χ3n) is 6.40. The molecule has 4 rings (SSSR count). The Hall–Kier alpha value is -2.40. The average Bonchev–Trinajstić information content (AvgIpc) is 3.22. The van der Waals surface area contributed by atoms with Crippen LogP contribution in [0, 0.1) is 0 Å². The number of aromatic nitrogens is 1. The van der Waals surface area contributed by atoms with Crippen LogP contribution in [0.15, 0.2) is 23.7 Å². The normalized spacial score (nSPS) is 14.6. The second kappa shape index (κ2) is 11.6. The lowest BCUT2D eigenvalue weighted by molar-refractivity contribution is 0.0977. The third kappa shape index (κ3) is 5.72. The molecule has 0 spiro atoms. The molecule has 3 heterocycles. The van der Waals surface area contributed by atoms with Gasteiger partial charge in [0, 0.05) is 44.5 Å². The summed E-state index contributed by atoms with van der Waals surface area (Å²) in [4.78, 5) is 35.6. The Bertz CT molecular complexity index is 1340. The fourth-order valence-corrected chi connectivity index (χ4v) is 6.24. The highest BCUT2D eigenvalue weighted by atomic mass is 35.5. The van der Waals surface area contributed by atoms with Crippen molar-refractivity contribution in [3.63, 3.8) is 0 Å². The zero-order chi connectivity index (χ0) is 26.9. The van der Waals surface area contributed by atoms with Gasteiger partial charge in [-0.05, 0) is 42.1 Å². The van der Waals surface area contributed by atoms with Crippen molar-refractivity contribution in [3.05, 3.63) is 61.0 Å². The first-order valence-corrected chi connectivity index (χ1v) is 13.7. The fourth-order valence-electron chi connectivity index (χ4n) is 4.39. The summed E-state index contributed by atoms with van der Waals surface area (Å²) in [7, 11) is 2.10. The molecule has 0 bridgehead atoms. The van der Waals surface area contributed by atoms with E-state index >= 15 is 0 Å². The van der Waals surface area contributed by atoms with Gasteiger partial charge in [-0.1, -0.05) is 41.7 Å². The predicted molar refractivity (Wildman–Crippen MR) is 152 cm³/mol. The van der Waals surface area contributed by atoms with Crippen molar-refractivity contribution in [2.75, 3.05) is 44.3 Å². The molecule has 0 unspecified atom stereocenters. The molecule has 1 aliphatic rings. The van der Waals surface area contributed by atoms with Crippen LogP contribution in [-0.2, 0) is 13.0 Å². The number of piperazine rings is 1. The Morgan fingerprint density at radius 1 is 1.11 bits per heavy atom. The number of nitrogens with one attached hydrogen (secondary N) is 1. The monoisotopic (exact) mass is 580 g/mol. The largest absolute Gasteiger partial charge is 0.397 e. The van der Waals surface area contributed by atoms with Crippen LogP contribution >= 0.6 is 46.1 Å². The number of carbonyl (C=O) groups excluding carboxylic acids is 2. The molecule has 196 valence electrons. The Labute approximate surface area is 234 Å². The molecule has 12 heteroatoms. The first-order valence-electron chi connectivity index (χ1n) is 11.7. The Morgan fingerprint density at radius 3 is 2.41 bits per heavy atom. The van der Waals surface area contributed by atoms with Crippen molar-refractivity contribution in [1.29, 1.82) is 0 Å². The quantitative estimate of drug-likeness (QED) is 0.338. The number of thiophene rings is 1. The number of nitrogen functional groups attached to an aromatic ring is 1. The van der Waals surface area contributed by atoms with E-state index in [1.54, 1.807) is 12.1 Å². The molecule has 0 saturated carbocycles. The Morgan fingerprint density at radius 2 is 1.81 bits per heavy atom. The van der Waals surface area contributed by atoms with Gasteiger partial charge in [0.25, 0.3) is 11.8 Å². The van der Waals surface area contributed by atoms with Gasteiger partial charge < -0.3 is 21.7 Å². The molecular weight excluding hydrogens is 555 g/mol. The van der Waals surface area contributed by atoms with E-state index in [1.165, 1.54) is 17.5 Å². The molecule has 0 aliphatic carbocycles. The van der Waals surface area contributed by atoms with Crippen LogP contribution in [0.1, 0.15) is 38.8 Å². The van der Waals surface area contributed by atoms with Gasteiger partial charge >= 0.3 is 0 Å². The van der Waals surface area contributed by atoms with Gasteiger partial charge in [-0.15, -0.1) is 11.3 Å². The maximum Gasteiger partial charge on any atom is 0.258 e. The molecule has 3 aromatic rings. The summed E-state index contributed by atoms with van der Waals surface area (Å²) in [5.41, 5.74) is 14.1. The first-order chi connectivity index (χ1) is 17.6. The number of nitrogens with zero attached hydrogens (tertiary/aromatic N) is 3. The van der Waals surface area contributed by atoms with Crippen LogP contribution in [0.5, 0.6) is 0 Å². The molecule has 0 radical (unpaired) electrons. The fraction of sp³-hybridized carbons (Fsp3) is 0.320. The molecule has 0 atom stereocenters. The smallest absolute Gasteiger partial charge is 0.258 e. The maximum atomic E-state index is 13.7. The summed E-state index contributed by atoms with van der Waals surface area (Å²) in [5, 5.41) is 5.56. The highest BCUT2D eigenvalue weighted by Gasteiger charge is 2.31. The Kier molecular flexibility index (Phi) is 8.63. The van der Waals surface area contributed by atoms with E-state index in [2.05, 4.69) is 27.1 Å². The molecule has 1 saturated heterocycles. The minimum absolute atomic E-state index is 0.00944. The van der Waals surface area contributed by atoms with Crippen LogP contribution in [-0.4, -0.2) is 59.8 Å². The van der Waals surface area contributed by atoms with Crippen LogP contribution in [0.4, 0.5) is 11.5 Å². The number of hydrogen-bond donors (Lipinski definition) is 3. The number of amides is 2. The lowest BCUT2D eigenvalue weighted by Gasteiger charge is -2.32. The summed E-state index contributed by atoms with van der Waals surface area (Å²) in [5.74, 6) is -1.24. The molecule has 1 aliphatic heterocycles. The van der Waals surface area contributed by atoms with Gasteiger partial charge in [0.05, 0.1) is 36.8 Å². The van der Waals surface area contributed by atoms with Crippen molar-refractivity contribution in [3.8, 4) is 10.4 Å². The van der Waals surface area contributed by atoms with E-state index in [0.717, 1.165) is 31.7 Å². The summed E-state index contributed by atoms with van der Waals surface area (Å²) >= 11 is 20.8. The van der Waals surface area contributed by atoms with E-state index in [0.29, 0.717) is 39.0 Å². The lowest BCUT2D eigenvalue weighted by atomic mass is 9.90. The van der Waals surface area contributed by atoms with Gasteiger partial charge in [-0.3, -0.25) is 14.5 Å². The van der Waals surface area contributed by atoms with Crippen molar-refractivity contribution < 1.29 is 9.59 Å². The minimum Gasteiger partial charge on any atom is -0.397 e. The van der Waals surface area contributed by atoms with Gasteiger partial charge in [-0.25, -0.2) is 4.98 Å². The highest BCUT2D eigenvalue weighted by Crippen LogP contribution is 2.46. The topological polar surface area (TPSA) is 118 Å². The number of likely N-dealkylation sites (N-methyl/N-ethyl adjacent to an activating group) is 1. The average molecular weight is 582 g/mol. The first kappa shape index (κ1) is 27.6. The molecule has 8 nitrogen and oxygen atoms in total. The second-order valence-corrected chi connectivity index (χ2v) is 10.9. The lowest BCUT2D eigenvalue weighted by Crippen LogP contribution is -2.43. The van der Waals surface area contributed by atoms with E-state index in [9.17, 15) is 9.59 Å². The molecule has 2 amide bonds. The van der Waals surface area contributed by atoms with Gasteiger partial charge in [0.15, 0.2) is 0 Å². The standard InChI is InChI=1S/C25H27Cl3N6O2S/c1-3-15-17(23-20(27)13(12-37-23)11-34-8-6-33(2)7-9-34)18(19(24(30)35)21(28)22(15)29)25(36)32-16-5-4-14(26)10-31-16/h4-5,10,12H,3,6-9,11,29H2,1-2H3,(H2,30,35)(H,31,32,36). The number of rotatable bonds is 7. The van der Waals surface area contributed by atoms with Crippen molar-refractivity contribution >= 4 is 69.5 Å². The summed E-state index contributed by atoms with van der Waals surface area (Å²) in [6.07, 6.45) is 1.85. The number of benzene rings is 1. The molecule has 1 aromatic carbocycles. The minimum atomic E-state index is -0.875. The summed E-state index contributed by atoms with van der Waals surface area (Å²) in [6, 6.07) is 3.14. The van der Waals surface area contributed by atoms with Gasteiger partial charge in [-0.2, -0.15) is 0 Å².